The predicted molar refractivity (Wildman–Crippen MR) is 97.2 cm³/mol. The van der Waals surface area contributed by atoms with Gasteiger partial charge < -0.3 is 4.74 Å². The highest BCUT2D eigenvalue weighted by molar-refractivity contribution is 9.24. The molecule has 0 atom stereocenters. The minimum absolute atomic E-state index is 0.0305. The van der Waals surface area contributed by atoms with Gasteiger partial charge in [0.25, 0.3) is 0 Å². The van der Waals surface area contributed by atoms with Crippen LogP contribution in [0.4, 0.5) is 0 Å². The van der Waals surface area contributed by atoms with Gasteiger partial charge in [0.2, 0.25) is 0 Å². The van der Waals surface area contributed by atoms with E-state index in [1.807, 2.05) is 53.1 Å². The van der Waals surface area contributed by atoms with Gasteiger partial charge in [-0.1, -0.05) is 62.2 Å². The fourth-order valence-electron chi connectivity index (χ4n) is 2.41. The topological polar surface area (TPSA) is 43.6 Å². The lowest BCUT2D eigenvalue weighted by atomic mass is 10.1. The first-order valence-electron chi connectivity index (χ1n) is 7.14. The highest BCUT2D eigenvalue weighted by Crippen LogP contribution is 2.32. The summed E-state index contributed by atoms with van der Waals surface area (Å²) >= 11 is 6.96. The Kier molecular flexibility index (Phi) is 4.82. The highest BCUT2D eigenvalue weighted by atomic mass is 79.9. The van der Waals surface area contributed by atoms with E-state index in [1.54, 1.807) is 6.92 Å². The van der Waals surface area contributed by atoms with Crippen LogP contribution in [0.25, 0.3) is 16.9 Å². The molecular formula is C17H14Br2N2O2. The summed E-state index contributed by atoms with van der Waals surface area (Å²) < 4.78 is 7.10. The van der Waals surface area contributed by atoms with Crippen LogP contribution in [0.3, 0.4) is 0 Å². The third-order valence-corrected chi connectivity index (χ3v) is 4.48. The molecule has 4 nitrogen and oxygen atoms in total. The molecule has 0 N–H and O–H groups in total. The van der Waals surface area contributed by atoms with Gasteiger partial charge in [0, 0.05) is 11.8 Å². The second kappa shape index (κ2) is 6.84. The van der Waals surface area contributed by atoms with E-state index < -0.39 is 5.97 Å². The monoisotopic (exact) mass is 436 g/mol. The van der Waals surface area contributed by atoms with Crippen molar-refractivity contribution in [2.45, 2.75) is 10.7 Å². The maximum Gasteiger partial charge on any atom is 0.359 e. The summed E-state index contributed by atoms with van der Waals surface area (Å²) in [6, 6.07) is 13.6. The zero-order valence-electron chi connectivity index (χ0n) is 12.4. The number of halogens is 2. The van der Waals surface area contributed by atoms with Crippen LogP contribution in [-0.4, -0.2) is 22.0 Å². The summed E-state index contributed by atoms with van der Waals surface area (Å²) in [7, 11) is 0. The normalized spacial score (nSPS) is 11.1. The van der Waals surface area contributed by atoms with Gasteiger partial charge in [-0.25, -0.2) is 9.78 Å². The molecule has 0 saturated carbocycles. The number of carbonyl (C=O) groups excluding carboxylic acids is 1. The summed E-state index contributed by atoms with van der Waals surface area (Å²) in [5.74, 6) is -0.411. The van der Waals surface area contributed by atoms with Crippen LogP contribution in [0.15, 0.2) is 48.7 Å². The number of benzene rings is 1. The highest BCUT2D eigenvalue weighted by Gasteiger charge is 2.21. The average molecular weight is 438 g/mol. The van der Waals surface area contributed by atoms with Crippen molar-refractivity contribution in [1.29, 1.82) is 0 Å². The van der Waals surface area contributed by atoms with E-state index >= 15 is 0 Å². The summed E-state index contributed by atoms with van der Waals surface area (Å²) in [4.78, 5) is 16.8. The van der Waals surface area contributed by atoms with E-state index in [-0.39, 0.29) is 3.74 Å². The molecule has 3 aromatic rings. The molecular weight excluding hydrogens is 424 g/mol. The van der Waals surface area contributed by atoms with Crippen LogP contribution >= 0.6 is 31.9 Å². The number of nitrogens with zero attached hydrogens (tertiary/aromatic N) is 2. The Morgan fingerprint density at radius 2 is 2.00 bits per heavy atom. The van der Waals surface area contributed by atoms with Crippen molar-refractivity contribution in [3.05, 3.63) is 59.9 Å². The van der Waals surface area contributed by atoms with Crippen molar-refractivity contribution < 1.29 is 9.53 Å². The predicted octanol–water partition coefficient (Wildman–Crippen LogP) is 4.97. The molecule has 0 amide bonds. The molecule has 0 saturated heterocycles. The Hall–Kier alpha value is -1.66. The molecule has 3 rings (SSSR count). The van der Waals surface area contributed by atoms with Gasteiger partial charge in [-0.15, -0.1) is 0 Å². The van der Waals surface area contributed by atoms with Crippen molar-refractivity contribution in [3.8, 4) is 11.3 Å². The van der Waals surface area contributed by atoms with E-state index in [2.05, 4.69) is 36.8 Å². The van der Waals surface area contributed by atoms with Crippen LogP contribution in [0.1, 0.15) is 26.7 Å². The third-order valence-electron chi connectivity index (χ3n) is 3.42. The minimum Gasteiger partial charge on any atom is -0.461 e. The minimum atomic E-state index is -0.411. The van der Waals surface area contributed by atoms with Crippen molar-refractivity contribution >= 4 is 43.5 Å². The first kappa shape index (κ1) is 16.2. The van der Waals surface area contributed by atoms with E-state index in [9.17, 15) is 4.79 Å². The molecule has 0 fully saturated rings. The summed E-state index contributed by atoms with van der Waals surface area (Å²) in [6.07, 6.45) is 1.91. The number of alkyl halides is 2. The third kappa shape index (κ3) is 3.19. The Labute approximate surface area is 150 Å². The van der Waals surface area contributed by atoms with Gasteiger partial charge in [0.1, 0.15) is 5.65 Å². The maximum absolute atomic E-state index is 12.3. The number of fused-ring (bicyclic) bond motifs is 1. The molecule has 0 aliphatic carbocycles. The molecule has 0 unspecified atom stereocenters. The molecule has 0 radical (unpaired) electrons. The van der Waals surface area contributed by atoms with Gasteiger partial charge >= 0.3 is 5.97 Å². The smallest absolute Gasteiger partial charge is 0.359 e. The Balaban J connectivity index is 2.25. The molecule has 118 valence electrons. The number of esters is 1. The van der Waals surface area contributed by atoms with E-state index in [4.69, 9.17) is 4.74 Å². The molecule has 2 aromatic heterocycles. The van der Waals surface area contributed by atoms with Crippen molar-refractivity contribution in [2.24, 2.45) is 0 Å². The van der Waals surface area contributed by atoms with E-state index in [0.29, 0.717) is 17.9 Å². The SMILES string of the molecule is CCOC(=O)c1nc2cc(C(Br)Br)ccn2c1-c1ccccc1. The molecule has 2 heterocycles. The van der Waals surface area contributed by atoms with Gasteiger partial charge in [-0.2, -0.15) is 0 Å². The number of hydrogen-bond donors (Lipinski definition) is 0. The Morgan fingerprint density at radius 1 is 1.26 bits per heavy atom. The lowest BCUT2D eigenvalue weighted by Gasteiger charge is -2.06. The largest absolute Gasteiger partial charge is 0.461 e. The van der Waals surface area contributed by atoms with E-state index in [0.717, 1.165) is 16.8 Å². The van der Waals surface area contributed by atoms with Crippen LogP contribution in [0, 0.1) is 0 Å². The van der Waals surface area contributed by atoms with Crippen molar-refractivity contribution in [3.63, 3.8) is 0 Å². The Morgan fingerprint density at radius 3 is 2.65 bits per heavy atom. The number of rotatable bonds is 4. The maximum atomic E-state index is 12.3. The second-order valence-corrected chi connectivity index (χ2v) is 7.94. The molecule has 0 bridgehead atoms. The quantitative estimate of drug-likeness (QED) is 0.427. The second-order valence-electron chi connectivity index (χ2n) is 4.88. The molecule has 6 heteroatoms. The van der Waals surface area contributed by atoms with Gasteiger partial charge in [0.15, 0.2) is 5.69 Å². The first-order chi connectivity index (χ1) is 11.1. The molecule has 1 aromatic carbocycles. The standard InChI is InChI=1S/C17H14Br2N2O2/c1-2-23-17(22)14-15(11-6-4-3-5-7-11)21-9-8-12(16(18)19)10-13(21)20-14/h3-10,16H,2H2,1H3. The van der Waals surface area contributed by atoms with Crippen LogP contribution in [0.5, 0.6) is 0 Å². The van der Waals surface area contributed by atoms with Crippen molar-refractivity contribution in [2.75, 3.05) is 6.61 Å². The van der Waals surface area contributed by atoms with E-state index in [1.165, 1.54) is 0 Å². The lowest BCUT2D eigenvalue weighted by Crippen LogP contribution is -2.07. The number of hydrogen-bond acceptors (Lipinski definition) is 3. The summed E-state index contributed by atoms with van der Waals surface area (Å²) in [5, 5.41) is 0. The zero-order chi connectivity index (χ0) is 16.4. The summed E-state index contributed by atoms with van der Waals surface area (Å²) in [6.45, 7) is 2.10. The average Bonchev–Trinajstić information content (AvgIpc) is 2.94. The number of carbonyl (C=O) groups is 1. The molecule has 0 aliphatic rings. The van der Waals surface area contributed by atoms with Crippen LogP contribution < -0.4 is 0 Å². The molecule has 0 aliphatic heterocycles. The number of imidazole rings is 1. The molecule has 23 heavy (non-hydrogen) atoms. The lowest BCUT2D eigenvalue weighted by molar-refractivity contribution is 0.0521. The van der Waals surface area contributed by atoms with Crippen LogP contribution in [0.2, 0.25) is 0 Å². The number of pyridine rings is 1. The first-order valence-corrected chi connectivity index (χ1v) is 8.97. The molecule has 0 spiro atoms. The van der Waals surface area contributed by atoms with Gasteiger partial charge in [0.05, 0.1) is 16.0 Å². The fourth-order valence-corrected chi connectivity index (χ4v) is 2.98. The fraction of sp³-hybridized carbons (Fsp3) is 0.176. The number of aromatic nitrogens is 2. The van der Waals surface area contributed by atoms with Gasteiger partial charge in [-0.05, 0) is 24.6 Å². The van der Waals surface area contributed by atoms with Gasteiger partial charge in [-0.3, -0.25) is 4.40 Å². The Bertz CT molecular complexity index is 844. The number of ether oxygens (including phenoxy) is 1. The van der Waals surface area contributed by atoms with Crippen LogP contribution in [-0.2, 0) is 4.74 Å². The summed E-state index contributed by atoms with van der Waals surface area (Å²) in [5.41, 5.74) is 3.72. The zero-order valence-corrected chi connectivity index (χ0v) is 15.5. The van der Waals surface area contributed by atoms with Crippen molar-refractivity contribution in [1.82, 2.24) is 9.38 Å².